The Morgan fingerprint density at radius 2 is 1.84 bits per heavy atom. The van der Waals surface area contributed by atoms with Crippen LogP contribution in [0.5, 0.6) is 0 Å². The molecule has 2 aliphatic rings. The van der Waals surface area contributed by atoms with E-state index in [-0.39, 0.29) is 35.6 Å². The molecular weight excluding hydrogens is 600 g/mol. The minimum absolute atomic E-state index is 0.148. The molecule has 44 heavy (non-hydrogen) atoms. The van der Waals surface area contributed by atoms with E-state index in [1.807, 2.05) is 20.9 Å². The molecule has 2 aromatic heterocycles. The first-order chi connectivity index (χ1) is 20.7. The molecule has 0 spiro atoms. The van der Waals surface area contributed by atoms with E-state index in [1.54, 1.807) is 12.3 Å². The minimum Gasteiger partial charge on any atom is -0.351 e. The molecule has 0 amide bonds. The van der Waals surface area contributed by atoms with Crippen molar-refractivity contribution in [2.24, 2.45) is 5.92 Å². The first-order valence-corrected chi connectivity index (χ1v) is 16.5. The van der Waals surface area contributed by atoms with Gasteiger partial charge in [-0.3, -0.25) is 14.1 Å². The van der Waals surface area contributed by atoms with Gasteiger partial charge in [-0.2, -0.15) is 4.98 Å². The van der Waals surface area contributed by atoms with Gasteiger partial charge in [-0.25, -0.2) is 31.0 Å². The van der Waals surface area contributed by atoms with E-state index in [2.05, 4.69) is 24.9 Å². The molecule has 0 atom stereocenters. The van der Waals surface area contributed by atoms with E-state index in [9.17, 15) is 26.4 Å². The number of pyridine rings is 1. The fourth-order valence-corrected chi connectivity index (χ4v) is 7.66. The van der Waals surface area contributed by atoms with Gasteiger partial charge in [0.2, 0.25) is 21.9 Å². The van der Waals surface area contributed by atoms with Crippen molar-refractivity contribution in [3.8, 4) is 11.1 Å². The van der Waals surface area contributed by atoms with Crippen molar-refractivity contribution < 1.29 is 26.0 Å². The van der Waals surface area contributed by atoms with Crippen LogP contribution in [-0.2, 0) is 10.0 Å². The van der Waals surface area contributed by atoms with E-state index in [0.29, 0.717) is 29.6 Å². The molecule has 2 saturated carbocycles. The predicted octanol–water partition coefficient (Wildman–Crippen LogP) is 5.59. The highest BCUT2D eigenvalue weighted by Gasteiger charge is 2.46. The molecule has 2 fully saturated rings. The Balaban J connectivity index is 1.35. The maximum absolute atomic E-state index is 15.1. The van der Waals surface area contributed by atoms with Gasteiger partial charge in [0.05, 0.1) is 11.4 Å². The van der Waals surface area contributed by atoms with Crippen LogP contribution in [0.2, 0.25) is 0 Å². The van der Waals surface area contributed by atoms with Crippen LogP contribution in [0.3, 0.4) is 0 Å². The van der Waals surface area contributed by atoms with Crippen molar-refractivity contribution in [2.75, 3.05) is 36.1 Å². The molecule has 0 saturated heterocycles. The number of rotatable bonds is 11. The number of aromatic nitrogens is 3. The number of hydrogen-bond acceptors (Lipinski definition) is 7. The summed E-state index contributed by atoms with van der Waals surface area (Å²) in [5.41, 5.74) is 0.131. The Hall–Kier alpha value is -3.26. The first kappa shape index (κ1) is 32.1. The number of alkyl halides is 3. The Morgan fingerprint density at radius 1 is 1.14 bits per heavy atom. The lowest BCUT2D eigenvalue weighted by atomic mass is 9.83. The van der Waals surface area contributed by atoms with Gasteiger partial charge in [0.15, 0.2) is 0 Å². The van der Waals surface area contributed by atoms with Crippen LogP contribution >= 0.6 is 0 Å². The normalized spacial score (nSPS) is 20.7. The number of anilines is 2. The highest BCUT2D eigenvalue weighted by molar-refractivity contribution is 7.92. The van der Waals surface area contributed by atoms with Crippen molar-refractivity contribution in [2.45, 2.75) is 76.4 Å². The van der Waals surface area contributed by atoms with Gasteiger partial charge in [0, 0.05) is 54.7 Å². The first-order valence-electron chi connectivity index (χ1n) is 14.9. The van der Waals surface area contributed by atoms with E-state index in [0.717, 1.165) is 31.7 Å². The molecule has 5 rings (SSSR count). The van der Waals surface area contributed by atoms with Crippen molar-refractivity contribution in [1.29, 1.82) is 0 Å². The van der Waals surface area contributed by atoms with E-state index in [4.69, 9.17) is 0 Å². The molecule has 14 heteroatoms. The number of sulfonamides is 1. The third-order valence-corrected chi connectivity index (χ3v) is 10.00. The number of halogens is 4. The Morgan fingerprint density at radius 3 is 2.45 bits per heavy atom. The third-order valence-electron chi connectivity index (χ3n) is 8.56. The fourth-order valence-electron chi connectivity index (χ4n) is 6.22. The highest BCUT2D eigenvalue weighted by atomic mass is 32.2. The summed E-state index contributed by atoms with van der Waals surface area (Å²) < 4.78 is 82.6. The second kappa shape index (κ2) is 12.6. The molecule has 0 bridgehead atoms. The summed E-state index contributed by atoms with van der Waals surface area (Å²) in [4.78, 5) is 24.9. The van der Waals surface area contributed by atoms with Crippen LogP contribution in [0.25, 0.3) is 22.2 Å². The molecule has 1 aromatic carbocycles. The summed E-state index contributed by atoms with van der Waals surface area (Å²) in [5, 5.41) is 3.95. The average molecular weight is 639 g/mol. The second-order valence-electron chi connectivity index (χ2n) is 12.3. The number of nitrogens with zero attached hydrogens (tertiary/aromatic N) is 4. The summed E-state index contributed by atoms with van der Waals surface area (Å²) in [6.45, 7) is 3.73. The SMILES string of the molecule is CC(C)n1c(=O)c(-c2ccc(NS(=O)(=O)CC3CC(F)(F)C3)c(F)c2)cc2cnc(NC3CCC(N(C)CCF)CC3)nc21. The lowest BCUT2D eigenvalue weighted by Gasteiger charge is -2.34. The van der Waals surface area contributed by atoms with Crippen molar-refractivity contribution in [3.05, 3.63) is 46.6 Å². The molecule has 0 unspecified atom stereocenters. The van der Waals surface area contributed by atoms with Crippen molar-refractivity contribution in [3.63, 3.8) is 0 Å². The Bertz CT molecular complexity index is 1670. The van der Waals surface area contributed by atoms with Crippen molar-refractivity contribution in [1.82, 2.24) is 19.4 Å². The number of nitrogens with one attached hydrogen (secondary N) is 2. The zero-order valence-corrected chi connectivity index (χ0v) is 25.8. The van der Waals surface area contributed by atoms with Crippen LogP contribution in [0.4, 0.5) is 29.2 Å². The summed E-state index contributed by atoms with van der Waals surface area (Å²) in [6.07, 6.45) is 4.20. The maximum atomic E-state index is 15.1. The van der Waals surface area contributed by atoms with Gasteiger partial charge in [0.1, 0.15) is 18.1 Å². The highest BCUT2D eigenvalue weighted by Crippen LogP contribution is 2.43. The molecule has 2 aliphatic carbocycles. The molecule has 240 valence electrons. The zero-order valence-electron chi connectivity index (χ0n) is 25.0. The smallest absolute Gasteiger partial charge is 0.260 e. The molecule has 2 heterocycles. The summed E-state index contributed by atoms with van der Waals surface area (Å²) >= 11 is 0. The number of fused-ring (bicyclic) bond motifs is 1. The molecule has 0 radical (unpaired) electrons. The van der Waals surface area contributed by atoms with E-state index in [1.165, 1.54) is 16.7 Å². The topological polar surface area (TPSA) is 109 Å². The number of hydrogen-bond donors (Lipinski definition) is 2. The molecule has 3 aromatic rings. The van der Waals surface area contributed by atoms with E-state index >= 15 is 4.39 Å². The van der Waals surface area contributed by atoms with Crippen LogP contribution in [0, 0.1) is 11.7 Å². The van der Waals surface area contributed by atoms with Gasteiger partial charge >= 0.3 is 0 Å². The van der Waals surface area contributed by atoms with Crippen molar-refractivity contribution >= 4 is 32.7 Å². The van der Waals surface area contributed by atoms with Crippen LogP contribution < -0.4 is 15.6 Å². The lowest BCUT2D eigenvalue weighted by molar-refractivity contribution is -0.103. The number of benzene rings is 1. The summed E-state index contributed by atoms with van der Waals surface area (Å²) in [5.74, 6) is -4.57. The van der Waals surface area contributed by atoms with Gasteiger partial charge in [-0.15, -0.1) is 0 Å². The van der Waals surface area contributed by atoms with Crippen LogP contribution in [0.1, 0.15) is 58.4 Å². The molecular formula is C30H38F4N6O3S. The van der Waals surface area contributed by atoms with Gasteiger partial charge in [-0.1, -0.05) is 6.07 Å². The second-order valence-corrected chi connectivity index (χ2v) is 14.1. The van der Waals surface area contributed by atoms with Gasteiger partial charge in [0.25, 0.3) is 5.56 Å². The standard InChI is InChI=1S/C30H38F4N6O3S/c1-18(2)40-27-21(16-35-29(37-27)36-22-5-7-23(8-6-22)39(3)11-10-31)12-24(28(40)41)20-4-9-26(25(32)13-20)38-44(42,43)17-19-14-30(33,34)15-19/h4,9,12-13,16,18-19,22-23,38H,5-8,10-11,14-15,17H2,1-3H3,(H,35,36,37). The zero-order chi connectivity index (χ0) is 31.8. The van der Waals surface area contributed by atoms with E-state index < -0.39 is 51.8 Å². The minimum atomic E-state index is -4.05. The van der Waals surface area contributed by atoms with Crippen LogP contribution in [0.15, 0.2) is 35.3 Å². The molecule has 2 N–H and O–H groups in total. The van der Waals surface area contributed by atoms with Crippen LogP contribution in [-0.4, -0.2) is 71.9 Å². The predicted molar refractivity (Wildman–Crippen MR) is 163 cm³/mol. The summed E-state index contributed by atoms with van der Waals surface area (Å²) in [7, 11) is -2.11. The Labute approximate surface area is 254 Å². The van der Waals surface area contributed by atoms with Gasteiger partial charge in [-0.05, 0) is 76.3 Å². The fraction of sp³-hybridized carbons (Fsp3) is 0.567. The molecule has 0 aliphatic heterocycles. The maximum Gasteiger partial charge on any atom is 0.260 e. The lowest BCUT2D eigenvalue weighted by Crippen LogP contribution is -2.40. The average Bonchev–Trinajstić information content (AvgIpc) is 2.93. The monoisotopic (exact) mass is 638 g/mol. The molecule has 9 nitrogen and oxygen atoms in total. The largest absolute Gasteiger partial charge is 0.351 e. The Kier molecular flexibility index (Phi) is 9.22. The van der Waals surface area contributed by atoms with Gasteiger partial charge < -0.3 is 10.2 Å². The third kappa shape index (κ3) is 7.17. The quantitative estimate of drug-likeness (QED) is 0.264. The summed E-state index contributed by atoms with van der Waals surface area (Å²) in [6, 6.07) is 5.51.